The van der Waals surface area contributed by atoms with Gasteiger partial charge in [0.05, 0.1) is 5.75 Å². The van der Waals surface area contributed by atoms with Gasteiger partial charge >= 0.3 is 0 Å². The molecule has 7 nitrogen and oxygen atoms in total. The molecule has 4 aromatic carbocycles. The number of carbonyl (C=O) groups is 4. The predicted molar refractivity (Wildman–Crippen MR) is 164 cm³/mol. The van der Waals surface area contributed by atoms with Crippen LogP contribution >= 0.6 is 11.8 Å². The zero-order chi connectivity index (χ0) is 29.2. The third-order valence-corrected chi connectivity index (χ3v) is 6.91. The fraction of sp³-hybridized carbons (Fsp3) is 0.0909. The van der Waals surface area contributed by atoms with Crippen molar-refractivity contribution >= 4 is 52.7 Å². The van der Waals surface area contributed by atoms with Crippen molar-refractivity contribution in [3.63, 3.8) is 0 Å². The molecule has 0 aliphatic heterocycles. The Hall–Kier alpha value is -4.95. The van der Waals surface area contributed by atoms with E-state index in [0.29, 0.717) is 22.5 Å². The molecular formula is C33H29N3O4S. The van der Waals surface area contributed by atoms with Crippen LogP contribution in [0.1, 0.15) is 38.8 Å². The number of aryl methyl sites for hydroxylation is 1. The molecule has 206 valence electrons. The van der Waals surface area contributed by atoms with Crippen LogP contribution in [0.5, 0.6) is 0 Å². The van der Waals surface area contributed by atoms with Crippen molar-refractivity contribution in [2.45, 2.75) is 18.7 Å². The summed E-state index contributed by atoms with van der Waals surface area (Å²) in [6.45, 7) is 3.44. The molecule has 0 atom stereocenters. The summed E-state index contributed by atoms with van der Waals surface area (Å²) < 4.78 is 0. The first kappa shape index (κ1) is 29.0. The van der Waals surface area contributed by atoms with Crippen LogP contribution < -0.4 is 16.0 Å². The van der Waals surface area contributed by atoms with Gasteiger partial charge in [-0.05, 0) is 80.1 Å². The fourth-order valence-corrected chi connectivity index (χ4v) is 4.62. The first-order chi connectivity index (χ1) is 19.8. The number of rotatable bonds is 10. The zero-order valence-electron chi connectivity index (χ0n) is 22.6. The monoisotopic (exact) mass is 563 g/mol. The van der Waals surface area contributed by atoms with Gasteiger partial charge in [-0.1, -0.05) is 54.1 Å². The highest BCUT2D eigenvalue weighted by Gasteiger charge is 2.15. The van der Waals surface area contributed by atoms with Gasteiger partial charge in [0.25, 0.3) is 11.8 Å². The second-order valence-electron chi connectivity index (χ2n) is 9.24. The summed E-state index contributed by atoms with van der Waals surface area (Å²) in [5.74, 6) is -0.971. The maximum atomic E-state index is 13.3. The zero-order valence-corrected chi connectivity index (χ0v) is 23.5. The Bertz CT molecular complexity index is 1600. The largest absolute Gasteiger partial charge is 0.325 e. The van der Waals surface area contributed by atoms with E-state index in [4.69, 9.17) is 0 Å². The highest BCUT2D eigenvalue weighted by Crippen LogP contribution is 2.23. The molecule has 0 heterocycles. The summed E-state index contributed by atoms with van der Waals surface area (Å²) in [4.78, 5) is 50.9. The second kappa shape index (κ2) is 13.9. The average molecular weight is 564 g/mol. The molecular weight excluding hydrogens is 534 g/mol. The Morgan fingerprint density at radius 1 is 0.732 bits per heavy atom. The van der Waals surface area contributed by atoms with Gasteiger partial charge in [-0.15, -0.1) is 11.8 Å². The van der Waals surface area contributed by atoms with Crippen LogP contribution in [0.3, 0.4) is 0 Å². The van der Waals surface area contributed by atoms with Crippen LogP contribution in [-0.4, -0.2) is 29.3 Å². The number of hydrogen-bond donors (Lipinski definition) is 3. The van der Waals surface area contributed by atoms with E-state index in [1.807, 2.05) is 43.3 Å². The molecule has 0 aliphatic carbocycles. The molecule has 3 N–H and O–H groups in total. The smallest absolute Gasteiger partial charge is 0.272 e. The highest BCUT2D eigenvalue weighted by molar-refractivity contribution is 8.00. The van der Waals surface area contributed by atoms with Gasteiger partial charge in [-0.2, -0.15) is 0 Å². The van der Waals surface area contributed by atoms with Crippen LogP contribution in [-0.2, 0) is 9.59 Å². The van der Waals surface area contributed by atoms with Gasteiger partial charge in [-0.25, -0.2) is 0 Å². The van der Waals surface area contributed by atoms with Crippen molar-refractivity contribution in [3.05, 3.63) is 131 Å². The lowest BCUT2D eigenvalue weighted by Crippen LogP contribution is -2.30. The van der Waals surface area contributed by atoms with Crippen molar-refractivity contribution in [1.82, 2.24) is 5.32 Å². The van der Waals surface area contributed by atoms with E-state index in [-0.39, 0.29) is 23.1 Å². The average Bonchev–Trinajstić information content (AvgIpc) is 2.96. The maximum Gasteiger partial charge on any atom is 0.272 e. The number of thioether (sulfide) groups is 1. The van der Waals surface area contributed by atoms with Gasteiger partial charge in [0.2, 0.25) is 5.91 Å². The molecule has 3 amide bonds. The normalized spacial score (nSPS) is 10.9. The summed E-state index contributed by atoms with van der Waals surface area (Å²) in [6, 6.07) is 30.1. The van der Waals surface area contributed by atoms with E-state index < -0.39 is 11.8 Å². The molecule has 0 aromatic heterocycles. The molecule has 8 heteroatoms. The fourth-order valence-electron chi connectivity index (χ4n) is 3.87. The van der Waals surface area contributed by atoms with Gasteiger partial charge in [0.15, 0.2) is 5.78 Å². The summed E-state index contributed by atoms with van der Waals surface area (Å²) in [5, 5.41) is 8.40. The van der Waals surface area contributed by atoms with E-state index in [1.165, 1.54) is 18.7 Å². The molecule has 0 fully saturated rings. The molecule has 41 heavy (non-hydrogen) atoms. The van der Waals surface area contributed by atoms with Crippen LogP contribution in [0.4, 0.5) is 11.4 Å². The maximum absolute atomic E-state index is 13.3. The molecule has 0 radical (unpaired) electrons. The lowest BCUT2D eigenvalue weighted by Gasteiger charge is -2.12. The third-order valence-electron chi connectivity index (χ3n) is 5.92. The summed E-state index contributed by atoms with van der Waals surface area (Å²) in [6.07, 6.45) is 1.63. The van der Waals surface area contributed by atoms with E-state index in [1.54, 1.807) is 72.8 Å². The van der Waals surface area contributed by atoms with Crippen LogP contribution in [0.25, 0.3) is 6.08 Å². The number of benzene rings is 4. The van der Waals surface area contributed by atoms with Gasteiger partial charge in [0, 0.05) is 27.4 Å². The number of ketones is 1. The Morgan fingerprint density at radius 3 is 2.17 bits per heavy atom. The first-order valence-corrected chi connectivity index (χ1v) is 13.9. The second-order valence-corrected chi connectivity index (χ2v) is 10.3. The van der Waals surface area contributed by atoms with Crippen molar-refractivity contribution in [1.29, 1.82) is 0 Å². The topological polar surface area (TPSA) is 104 Å². The number of carbonyl (C=O) groups excluding carboxylic acids is 4. The molecule has 0 saturated carbocycles. The first-order valence-electron chi connectivity index (χ1n) is 12.9. The van der Waals surface area contributed by atoms with Crippen molar-refractivity contribution < 1.29 is 19.2 Å². The lowest BCUT2D eigenvalue weighted by molar-refractivity contribution is -0.114. The van der Waals surface area contributed by atoms with Crippen LogP contribution in [0.15, 0.2) is 114 Å². The van der Waals surface area contributed by atoms with E-state index >= 15 is 0 Å². The minimum Gasteiger partial charge on any atom is -0.325 e. The number of anilines is 2. The number of amides is 3. The molecule has 0 unspecified atom stereocenters. The molecule has 0 bridgehead atoms. The lowest BCUT2D eigenvalue weighted by atomic mass is 10.1. The standard InChI is InChI=1S/C33H29N3O4S/c1-22-8-6-9-24(18-22)19-30(36-32(39)26-10-4-3-5-11-26)33(40)35-28-12-7-13-29(20-28)41-21-31(38)34-27-16-14-25(15-17-27)23(2)37/h3-20H,21H2,1-2H3,(H,34,38)(H,35,40)(H,36,39)/b30-19+. The molecule has 0 spiro atoms. The minimum atomic E-state index is -0.482. The van der Waals surface area contributed by atoms with Crippen molar-refractivity contribution in [2.24, 2.45) is 0 Å². The van der Waals surface area contributed by atoms with Gasteiger partial charge < -0.3 is 16.0 Å². The molecule has 4 aromatic rings. The Morgan fingerprint density at radius 2 is 1.46 bits per heavy atom. The van der Waals surface area contributed by atoms with Crippen LogP contribution in [0, 0.1) is 6.92 Å². The summed E-state index contributed by atoms with van der Waals surface area (Å²) >= 11 is 1.32. The number of Topliss-reactive ketones (excluding diaryl/α,β-unsaturated/α-hetero) is 1. The SMILES string of the molecule is CC(=O)c1ccc(NC(=O)CSc2cccc(NC(=O)/C(=C\c3cccc(C)c3)NC(=O)c3ccccc3)c2)cc1. The van der Waals surface area contributed by atoms with E-state index in [0.717, 1.165) is 16.0 Å². The Balaban J connectivity index is 1.42. The quantitative estimate of drug-likeness (QED) is 0.119. The molecule has 4 rings (SSSR count). The Kier molecular flexibility index (Phi) is 9.85. The number of nitrogens with one attached hydrogen (secondary N) is 3. The van der Waals surface area contributed by atoms with Gasteiger partial charge in [-0.3, -0.25) is 19.2 Å². The van der Waals surface area contributed by atoms with Gasteiger partial charge in [0.1, 0.15) is 5.70 Å². The van der Waals surface area contributed by atoms with E-state index in [9.17, 15) is 19.2 Å². The molecule has 0 saturated heterocycles. The Labute approximate surface area is 243 Å². The van der Waals surface area contributed by atoms with Crippen molar-refractivity contribution in [2.75, 3.05) is 16.4 Å². The minimum absolute atomic E-state index is 0.0400. The third kappa shape index (κ3) is 8.78. The summed E-state index contributed by atoms with van der Waals surface area (Å²) in [7, 11) is 0. The van der Waals surface area contributed by atoms with Crippen LogP contribution in [0.2, 0.25) is 0 Å². The predicted octanol–water partition coefficient (Wildman–Crippen LogP) is 6.34. The van der Waals surface area contributed by atoms with Crippen molar-refractivity contribution in [3.8, 4) is 0 Å². The van der Waals surface area contributed by atoms with E-state index in [2.05, 4.69) is 16.0 Å². The highest BCUT2D eigenvalue weighted by atomic mass is 32.2. The number of hydrogen-bond acceptors (Lipinski definition) is 5. The summed E-state index contributed by atoms with van der Waals surface area (Å²) in [5.41, 5.74) is 4.02. The molecule has 0 aliphatic rings.